The van der Waals surface area contributed by atoms with Gasteiger partial charge in [-0.3, -0.25) is 4.79 Å². The molecule has 0 bridgehead atoms. The second-order valence-electron chi connectivity index (χ2n) is 7.90. The number of carbonyl (C=O) groups excluding carboxylic acids is 1. The lowest BCUT2D eigenvalue weighted by atomic mass is 10.1. The number of rotatable bonds is 2. The number of hydrogen-bond acceptors (Lipinski definition) is 4. The van der Waals surface area contributed by atoms with Crippen molar-refractivity contribution in [2.24, 2.45) is 0 Å². The number of carbonyl (C=O) groups is 1. The molecule has 1 saturated heterocycles. The van der Waals surface area contributed by atoms with Crippen LogP contribution in [0.4, 0.5) is 5.69 Å². The molecule has 1 fully saturated rings. The van der Waals surface area contributed by atoms with Crippen LogP contribution in [0, 0.1) is 6.92 Å². The number of amides is 1. The van der Waals surface area contributed by atoms with Gasteiger partial charge >= 0.3 is 0 Å². The van der Waals surface area contributed by atoms with Crippen LogP contribution in [0.3, 0.4) is 0 Å². The molecule has 30 heavy (non-hydrogen) atoms. The molecule has 0 spiro atoms. The number of fused-ring (bicyclic) bond motifs is 3. The Morgan fingerprint density at radius 2 is 1.87 bits per heavy atom. The molecular formula is C24H22ClN3OS. The molecule has 152 valence electrons. The van der Waals surface area contributed by atoms with Gasteiger partial charge in [-0.25, -0.2) is 4.98 Å². The first-order valence-corrected chi connectivity index (χ1v) is 11.3. The molecule has 3 heterocycles. The van der Waals surface area contributed by atoms with E-state index in [1.807, 2.05) is 35.2 Å². The highest BCUT2D eigenvalue weighted by atomic mass is 35.5. The van der Waals surface area contributed by atoms with E-state index in [1.54, 1.807) is 0 Å². The van der Waals surface area contributed by atoms with Crippen molar-refractivity contribution in [3.63, 3.8) is 0 Å². The fourth-order valence-electron chi connectivity index (χ4n) is 4.20. The second kappa shape index (κ2) is 7.56. The van der Waals surface area contributed by atoms with Crippen molar-refractivity contribution in [1.29, 1.82) is 0 Å². The van der Waals surface area contributed by atoms with Gasteiger partial charge in [0.05, 0.1) is 10.4 Å². The molecule has 6 heteroatoms. The summed E-state index contributed by atoms with van der Waals surface area (Å²) in [5, 5.41) is 2.35. The van der Waals surface area contributed by atoms with Crippen molar-refractivity contribution in [2.75, 3.05) is 24.5 Å². The van der Waals surface area contributed by atoms with Crippen LogP contribution in [-0.4, -0.2) is 41.5 Å². The summed E-state index contributed by atoms with van der Waals surface area (Å²) in [6.07, 6.45) is 0. The highest BCUT2D eigenvalue weighted by molar-refractivity contribution is 7.21. The van der Waals surface area contributed by atoms with E-state index in [9.17, 15) is 4.79 Å². The van der Waals surface area contributed by atoms with Crippen molar-refractivity contribution in [3.8, 4) is 0 Å². The molecule has 0 aliphatic carbocycles. The van der Waals surface area contributed by atoms with E-state index in [0.29, 0.717) is 18.2 Å². The molecule has 1 aliphatic heterocycles. The van der Waals surface area contributed by atoms with E-state index in [0.717, 1.165) is 32.4 Å². The number of pyridine rings is 1. The van der Waals surface area contributed by atoms with Gasteiger partial charge in [0.25, 0.3) is 5.91 Å². The Hall–Kier alpha value is -2.63. The predicted octanol–water partition coefficient (Wildman–Crippen LogP) is 5.76. The van der Waals surface area contributed by atoms with E-state index in [2.05, 4.69) is 48.0 Å². The van der Waals surface area contributed by atoms with Gasteiger partial charge in [-0.2, -0.15) is 0 Å². The summed E-state index contributed by atoms with van der Waals surface area (Å²) < 4.78 is 1.03. The van der Waals surface area contributed by atoms with Crippen molar-refractivity contribution >= 4 is 55.5 Å². The smallest absolute Gasteiger partial charge is 0.264 e. The molecule has 2 aromatic heterocycles. The molecule has 1 amide bonds. The molecule has 0 saturated carbocycles. The molecule has 1 atom stereocenters. The maximum Gasteiger partial charge on any atom is 0.264 e. The van der Waals surface area contributed by atoms with Crippen LogP contribution in [0.5, 0.6) is 0 Å². The summed E-state index contributed by atoms with van der Waals surface area (Å²) in [5.41, 5.74) is 3.33. The van der Waals surface area contributed by atoms with E-state index in [1.165, 1.54) is 22.6 Å². The molecule has 1 aliphatic rings. The Kier molecular flexibility index (Phi) is 4.88. The third kappa shape index (κ3) is 3.32. The minimum atomic E-state index is 0.0757. The van der Waals surface area contributed by atoms with Crippen LogP contribution in [0.2, 0.25) is 5.15 Å². The molecule has 4 nitrogen and oxygen atoms in total. The number of aryl methyl sites for hydroxylation is 1. The number of piperazine rings is 1. The Balaban J connectivity index is 1.41. The number of halogens is 1. The number of anilines is 1. The molecule has 5 rings (SSSR count). The summed E-state index contributed by atoms with van der Waals surface area (Å²) in [5.74, 6) is 0.0757. The van der Waals surface area contributed by atoms with E-state index < -0.39 is 0 Å². The Bertz CT molecular complexity index is 1250. The van der Waals surface area contributed by atoms with Crippen LogP contribution in [-0.2, 0) is 0 Å². The van der Waals surface area contributed by atoms with E-state index in [4.69, 9.17) is 11.6 Å². The third-order valence-corrected chi connectivity index (χ3v) is 7.26. The molecule has 2 aromatic carbocycles. The molecule has 0 unspecified atom stereocenters. The van der Waals surface area contributed by atoms with Crippen molar-refractivity contribution in [1.82, 2.24) is 9.88 Å². The van der Waals surface area contributed by atoms with E-state index >= 15 is 0 Å². The standard InChI is InChI=1S/C24H22ClN3OS/c1-15-7-9-17(10-8-15)28-12-11-27(14-16(28)2)24(29)21-13-19-22(30-21)18-5-3-4-6-20(18)26-23(19)25/h3-10,13,16H,11-12,14H2,1-2H3/t16-/m0/s1. The van der Waals surface area contributed by atoms with Gasteiger partial charge in [-0.15, -0.1) is 11.3 Å². The summed E-state index contributed by atoms with van der Waals surface area (Å²) >= 11 is 7.94. The normalized spacial score (nSPS) is 17.1. The van der Waals surface area contributed by atoms with Gasteiger partial charge in [-0.05, 0) is 38.1 Å². The van der Waals surface area contributed by atoms with Gasteiger partial charge in [0.2, 0.25) is 0 Å². The average molecular weight is 436 g/mol. The molecule has 0 radical (unpaired) electrons. The highest BCUT2D eigenvalue weighted by Gasteiger charge is 2.28. The third-order valence-electron chi connectivity index (χ3n) is 5.81. The second-order valence-corrected chi connectivity index (χ2v) is 9.31. The zero-order chi connectivity index (χ0) is 20.8. The van der Waals surface area contributed by atoms with Crippen molar-refractivity contribution in [3.05, 3.63) is 70.2 Å². The topological polar surface area (TPSA) is 36.4 Å². The monoisotopic (exact) mass is 435 g/mol. The van der Waals surface area contributed by atoms with Gasteiger partial charge in [0, 0.05) is 46.8 Å². The fraction of sp³-hybridized carbons (Fsp3) is 0.250. The highest BCUT2D eigenvalue weighted by Crippen LogP contribution is 2.36. The minimum absolute atomic E-state index is 0.0757. The minimum Gasteiger partial charge on any atom is -0.365 e. The largest absolute Gasteiger partial charge is 0.365 e. The first-order chi connectivity index (χ1) is 14.5. The van der Waals surface area contributed by atoms with Gasteiger partial charge in [-0.1, -0.05) is 47.5 Å². The van der Waals surface area contributed by atoms with Gasteiger partial charge < -0.3 is 9.80 Å². The number of hydrogen-bond donors (Lipinski definition) is 0. The van der Waals surface area contributed by atoms with Crippen LogP contribution in [0.25, 0.3) is 21.0 Å². The number of aromatic nitrogens is 1. The number of nitrogens with zero attached hydrogens (tertiary/aromatic N) is 3. The van der Waals surface area contributed by atoms with E-state index in [-0.39, 0.29) is 11.9 Å². The van der Waals surface area contributed by atoms with Crippen molar-refractivity contribution in [2.45, 2.75) is 19.9 Å². The number of benzene rings is 2. The van der Waals surface area contributed by atoms with Crippen LogP contribution < -0.4 is 4.90 Å². The predicted molar refractivity (Wildman–Crippen MR) is 126 cm³/mol. The summed E-state index contributed by atoms with van der Waals surface area (Å²) in [6, 6.07) is 18.7. The van der Waals surface area contributed by atoms with Gasteiger partial charge in [0.1, 0.15) is 5.15 Å². The zero-order valence-electron chi connectivity index (χ0n) is 16.9. The zero-order valence-corrected chi connectivity index (χ0v) is 18.5. The quantitative estimate of drug-likeness (QED) is 0.375. The van der Waals surface area contributed by atoms with Crippen LogP contribution in [0.1, 0.15) is 22.2 Å². The first-order valence-electron chi connectivity index (χ1n) is 10.1. The summed E-state index contributed by atoms with van der Waals surface area (Å²) in [7, 11) is 0. The molecule has 4 aromatic rings. The number of thiophene rings is 1. The fourth-order valence-corrected chi connectivity index (χ4v) is 5.65. The Morgan fingerprint density at radius 3 is 2.63 bits per heavy atom. The lowest BCUT2D eigenvalue weighted by Crippen LogP contribution is -2.53. The number of para-hydroxylation sites is 1. The Labute approximate surface area is 184 Å². The van der Waals surface area contributed by atoms with Gasteiger partial charge in [0.15, 0.2) is 0 Å². The van der Waals surface area contributed by atoms with Crippen LogP contribution in [0.15, 0.2) is 54.6 Å². The maximum absolute atomic E-state index is 13.3. The summed E-state index contributed by atoms with van der Waals surface area (Å²) in [4.78, 5) is 22.9. The first kappa shape index (κ1) is 19.3. The SMILES string of the molecule is Cc1ccc(N2CCN(C(=O)c3cc4c(Cl)nc5ccccc5c4s3)C[C@@H]2C)cc1. The van der Waals surface area contributed by atoms with Crippen molar-refractivity contribution < 1.29 is 4.79 Å². The molecular weight excluding hydrogens is 414 g/mol. The molecule has 0 N–H and O–H groups in total. The Morgan fingerprint density at radius 1 is 1.10 bits per heavy atom. The average Bonchev–Trinajstić information content (AvgIpc) is 3.20. The lowest BCUT2D eigenvalue weighted by Gasteiger charge is -2.41. The maximum atomic E-state index is 13.3. The van der Waals surface area contributed by atoms with Crippen LogP contribution >= 0.6 is 22.9 Å². The lowest BCUT2D eigenvalue weighted by molar-refractivity contribution is 0.0731. The summed E-state index contributed by atoms with van der Waals surface area (Å²) in [6.45, 7) is 6.51.